The summed E-state index contributed by atoms with van der Waals surface area (Å²) in [4.78, 5) is 33.1. The van der Waals surface area contributed by atoms with Gasteiger partial charge in [-0.25, -0.2) is 14.2 Å². The second-order valence-corrected chi connectivity index (χ2v) is 8.87. The van der Waals surface area contributed by atoms with Crippen molar-refractivity contribution in [3.63, 3.8) is 0 Å². The number of aliphatic hydroxyl groups is 1. The van der Waals surface area contributed by atoms with Crippen molar-refractivity contribution >= 4 is 33.6 Å². The van der Waals surface area contributed by atoms with E-state index in [1.165, 1.54) is 29.3 Å². The lowest BCUT2D eigenvalue weighted by Crippen LogP contribution is -2.50. The van der Waals surface area contributed by atoms with Gasteiger partial charge in [0, 0.05) is 35.9 Å². The fourth-order valence-electron chi connectivity index (χ4n) is 3.43. The Morgan fingerprint density at radius 2 is 2.22 bits per heavy atom. The van der Waals surface area contributed by atoms with Gasteiger partial charge in [-0.15, -0.1) is 0 Å². The number of carbonyl (C=O) groups is 2. The quantitative estimate of drug-likeness (QED) is 0.645. The van der Waals surface area contributed by atoms with Crippen LogP contribution >= 0.6 is 15.9 Å². The van der Waals surface area contributed by atoms with Crippen LogP contribution in [-0.2, 0) is 0 Å². The predicted molar refractivity (Wildman–Crippen MR) is 121 cm³/mol. The third kappa shape index (κ3) is 5.55. The zero-order valence-electron chi connectivity index (χ0n) is 18.1. The number of aliphatic hydroxyl groups excluding tert-OH is 1. The summed E-state index contributed by atoms with van der Waals surface area (Å²) in [5.41, 5.74) is 0.627. The van der Waals surface area contributed by atoms with E-state index in [9.17, 15) is 19.1 Å². The molecule has 0 aliphatic carbocycles. The fourth-order valence-corrected chi connectivity index (χ4v) is 3.76. The number of hydrogen-bond donors (Lipinski definition) is 2. The van der Waals surface area contributed by atoms with Crippen molar-refractivity contribution in [2.75, 3.05) is 32.1 Å². The molecule has 0 radical (unpaired) electrons. The molecule has 1 aromatic heterocycles. The maximum absolute atomic E-state index is 13.4. The molecule has 3 atom stereocenters. The summed E-state index contributed by atoms with van der Waals surface area (Å²) in [6.07, 6.45) is 1.06. The molecule has 0 saturated carbocycles. The zero-order valence-corrected chi connectivity index (χ0v) is 19.7. The number of nitrogens with one attached hydrogen (secondary N) is 1. The number of pyridine rings is 1. The van der Waals surface area contributed by atoms with Crippen LogP contribution in [-0.4, -0.2) is 70.7 Å². The number of ether oxygens (including phenoxy) is 1. The average Bonchev–Trinajstić information content (AvgIpc) is 2.76. The van der Waals surface area contributed by atoms with Crippen molar-refractivity contribution in [3.8, 4) is 5.88 Å². The summed E-state index contributed by atoms with van der Waals surface area (Å²) in [6, 6.07) is 6.46. The standard InChI is InChI=1S/C22H26BrFN4O4/c1-13-10-28(14(2)12-29)21(30)18-7-15(23)9-25-20(18)32-19(13)11-27(3)22(31)26-17-6-4-5-16(24)8-17/h4-9,13-14,19,29H,10-12H2,1-3H3,(H,26,31)/t13-,14+,19+/m0/s1. The Balaban J connectivity index is 1.82. The third-order valence-electron chi connectivity index (χ3n) is 5.36. The largest absolute Gasteiger partial charge is 0.472 e. The molecule has 0 unspecified atom stereocenters. The van der Waals surface area contributed by atoms with Gasteiger partial charge in [0.1, 0.15) is 17.5 Å². The predicted octanol–water partition coefficient (Wildman–Crippen LogP) is 3.37. The summed E-state index contributed by atoms with van der Waals surface area (Å²) in [7, 11) is 1.61. The summed E-state index contributed by atoms with van der Waals surface area (Å²) in [5.74, 6) is -0.725. The Bertz CT molecular complexity index is 992. The van der Waals surface area contributed by atoms with E-state index < -0.39 is 24.0 Å². The van der Waals surface area contributed by atoms with Crippen LogP contribution in [0.2, 0.25) is 0 Å². The molecule has 0 fully saturated rings. The molecule has 172 valence electrons. The monoisotopic (exact) mass is 508 g/mol. The smallest absolute Gasteiger partial charge is 0.321 e. The first-order chi connectivity index (χ1) is 15.2. The molecule has 32 heavy (non-hydrogen) atoms. The lowest BCUT2D eigenvalue weighted by atomic mass is 10.0. The minimum atomic E-state index is -0.479. The van der Waals surface area contributed by atoms with Gasteiger partial charge in [0.15, 0.2) is 0 Å². The molecule has 1 aliphatic rings. The summed E-state index contributed by atoms with van der Waals surface area (Å²) >= 11 is 3.33. The minimum absolute atomic E-state index is 0.170. The molecule has 8 nitrogen and oxygen atoms in total. The molecule has 0 bridgehead atoms. The number of rotatable bonds is 5. The Kier molecular flexibility index (Phi) is 7.68. The normalized spacial score (nSPS) is 19.3. The number of anilines is 1. The van der Waals surface area contributed by atoms with Gasteiger partial charge >= 0.3 is 6.03 Å². The molecule has 0 saturated heterocycles. The first-order valence-corrected chi connectivity index (χ1v) is 11.0. The summed E-state index contributed by atoms with van der Waals surface area (Å²) in [5, 5.41) is 12.3. The van der Waals surface area contributed by atoms with E-state index in [1.54, 1.807) is 31.0 Å². The number of benzene rings is 1. The van der Waals surface area contributed by atoms with Crippen LogP contribution in [0.25, 0.3) is 0 Å². The van der Waals surface area contributed by atoms with Gasteiger partial charge in [0.25, 0.3) is 5.91 Å². The highest BCUT2D eigenvalue weighted by Gasteiger charge is 2.34. The first kappa shape index (κ1) is 23.9. The van der Waals surface area contributed by atoms with Crippen LogP contribution in [0.4, 0.5) is 14.9 Å². The molecule has 2 heterocycles. The van der Waals surface area contributed by atoms with Gasteiger partial charge in [-0.2, -0.15) is 0 Å². The number of amides is 3. The fraction of sp³-hybridized carbons (Fsp3) is 0.409. The van der Waals surface area contributed by atoms with Gasteiger partial charge in [-0.1, -0.05) is 13.0 Å². The topological polar surface area (TPSA) is 95.0 Å². The van der Waals surface area contributed by atoms with Gasteiger partial charge in [0.2, 0.25) is 5.88 Å². The Hall–Kier alpha value is -2.72. The van der Waals surface area contributed by atoms with Crippen molar-refractivity contribution in [1.29, 1.82) is 0 Å². The van der Waals surface area contributed by atoms with Crippen LogP contribution in [0.1, 0.15) is 24.2 Å². The van der Waals surface area contributed by atoms with E-state index in [1.807, 2.05) is 6.92 Å². The Labute approximate surface area is 194 Å². The van der Waals surface area contributed by atoms with Crippen LogP contribution in [0.15, 0.2) is 41.0 Å². The van der Waals surface area contributed by atoms with Gasteiger partial charge in [0.05, 0.1) is 19.2 Å². The highest BCUT2D eigenvalue weighted by molar-refractivity contribution is 9.10. The van der Waals surface area contributed by atoms with E-state index in [0.717, 1.165) is 0 Å². The lowest BCUT2D eigenvalue weighted by molar-refractivity contribution is 0.0356. The molecule has 0 spiro atoms. The molecule has 3 rings (SSSR count). The number of halogens is 2. The van der Waals surface area contributed by atoms with Crippen molar-refractivity contribution in [1.82, 2.24) is 14.8 Å². The molecule has 1 aromatic carbocycles. The number of urea groups is 1. The average molecular weight is 509 g/mol. The number of likely N-dealkylation sites (N-methyl/N-ethyl adjacent to an activating group) is 1. The summed E-state index contributed by atoms with van der Waals surface area (Å²) < 4.78 is 20.1. The second kappa shape index (κ2) is 10.3. The maximum Gasteiger partial charge on any atom is 0.321 e. The zero-order chi connectivity index (χ0) is 23.4. The summed E-state index contributed by atoms with van der Waals surface area (Å²) in [6.45, 7) is 4.03. The van der Waals surface area contributed by atoms with E-state index in [2.05, 4.69) is 26.2 Å². The molecule has 2 aromatic rings. The number of carbonyl (C=O) groups excluding carboxylic acids is 2. The van der Waals surface area contributed by atoms with Crippen molar-refractivity contribution in [2.45, 2.75) is 26.0 Å². The van der Waals surface area contributed by atoms with E-state index >= 15 is 0 Å². The van der Waals surface area contributed by atoms with Crippen LogP contribution in [0, 0.1) is 11.7 Å². The third-order valence-corrected chi connectivity index (χ3v) is 5.80. The van der Waals surface area contributed by atoms with E-state index in [4.69, 9.17) is 4.74 Å². The van der Waals surface area contributed by atoms with Gasteiger partial charge in [-0.3, -0.25) is 4.79 Å². The van der Waals surface area contributed by atoms with Crippen molar-refractivity contribution in [2.24, 2.45) is 5.92 Å². The van der Waals surface area contributed by atoms with Crippen LogP contribution in [0.5, 0.6) is 5.88 Å². The number of aromatic nitrogens is 1. The van der Waals surface area contributed by atoms with Crippen LogP contribution < -0.4 is 10.1 Å². The molecule has 2 N–H and O–H groups in total. The molecule has 10 heteroatoms. The van der Waals surface area contributed by atoms with E-state index in [0.29, 0.717) is 16.7 Å². The Morgan fingerprint density at radius 1 is 1.47 bits per heavy atom. The maximum atomic E-state index is 13.4. The molecule has 1 aliphatic heterocycles. The van der Waals surface area contributed by atoms with Crippen LogP contribution in [0.3, 0.4) is 0 Å². The number of fused-ring (bicyclic) bond motifs is 1. The van der Waals surface area contributed by atoms with Crippen molar-refractivity contribution in [3.05, 3.63) is 52.4 Å². The van der Waals surface area contributed by atoms with Crippen molar-refractivity contribution < 1.29 is 23.8 Å². The van der Waals surface area contributed by atoms with Gasteiger partial charge < -0.3 is 25.0 Å². The number of hydrogen-bond acceptors (Lipinski definition) is 5. The van der Waals surface area contributed by atoms with E-state index in [-0.39, 0.29) is 36.4 Å². The second-order valence-electron chi connectivity index (χ2n) is 7.95. The Morgan fingerprint density at radius 3 is 2.91 bits per heavy atom. The molecular weight excluding hydrogens is 483 g/mol. The number of nitrogens with zero attached hydrogens (tertiary/aromatic N) is 3. The first-order valence-electron chi connectivity index (χ1n) is 10.2. The lowest BCUT2D eigenvalue weighted by Gasteiger charge is -2.37. The highest BCUT2D eigenvalue weighted by atomic mass is 79.9. The molecule has 3 amide bonds. The minimum Gasteiger partial charge on any atom is -0.472 e. The van der Waals surface area contributed by atoms with Gasteiger partial charge in [-0.05, 0) is 47.1 Å². The highest BCUT2D eigenvalue weighted by Crippen LogP contribution is 2.28. The SMILES string of the molecule is C[C@H](CO)N1C[C@H](C)[C@@H](CN(C)C(=O)Nc2cccc(F)c2)Oc2ncc(Br)cc2C1=O. The molecular formula is C22H26BrFN4O4.